The first kappa shape index (κ1) is 13.9. The molecule has 0 amide bonds. The summed E-state index contributed by atoms with van der Waals surface area (Å²) in [6.45, 7) is 1.87. The van der Waals surface area contributed by atoms with Gasteiger partial charge in [-0.2, -0.15) is 4.98 Å². The minimum atomic E-state index is -0.507. The molecule has 2 aromatic rings. The van der Waals surface area contributed by atoms with Gasteiger partial charge in [-0.25, -0.2) is 0 Å². The molecule has 8 heteroatoms. The van der Waals surface area contributed by atoms with Crippen LogP contribution in [0.25, 0.3) is 11.5 Å². The van der Waals surface area contributed by atoms with Crippen molar-refractivity contribution in [2.45, 2.75) is 19.4 Å². The number of anilines is 1. The Labute approximate surface area is 114 Å². The van der Waals surface area contributed by atoms with E-state index in [0.717, 1.165) is 0 Å². The largest absolute Gasteiger partial charge is 0.398 e. The minimum absolute atomic E-state index is 0.0529. The molecule has 0 radical (unpaired) electrons. The summed E-state index contributed by atoms with van der Waals surface area (Å²) in [7, 11) is 1.59. The van der Waals surface area contributed by atoms with E-state index < -0.39 is 4.92 Å². The molecule has 0 aliphatic carbocycles. The van der Waals surface area contributed by atoms with Gasteiger partial charge in [-0.1, -0.05) is 5.16 Å². The number of hydrogen-bond donors (Lipinski definition) is 1. The van der Waals surface area contributed by atoms with Gasteiger partial charge in [-0.15, -0.1) is 0 Å². The molecule has 0 fully saturated rings. The van der Waals surface area contributed by atoms with Gasteiger partial charge in [0, 0.05) is 31.4 Å². The number of nitro groups is 1. The zero-order valence-electron chi connectivity index (χ0n) is 11.1. The van der Waals surface area contributed by atoms with Crippen LogP contribution in [0.3, 0.4) is 0 Å². The lowest BCUT2D eigenvalue weighted by atomic mass is 10.1. The van der Waals surface area contributed by atoms with Crippen molar-refractivity contribution in [2.75, 3.05) is 12.8 Å². The quantitative estimate of drug-likeness (QED) is 0.503. The van der Waals surface area contributed by atoms with E-state index >= 15 is 0 Å². The predicted molar refractivity (Wildman–Crippen MR) is 71.0 cm³/mol. The van der Waals surface area contributed by atoms with Crippen molar-refractivity contribution < 1.29 is 14.2 Å². The number of benzene rings is 1. The molecule has 0 aliphatic heterocycles. The first-order chi connectivity index (χ1) is 9.51. The van der Waals surface area contributed by atoms with Gasteiger partial charge in [0.15, 0.2) is 5.82 Å². The molecule has 1 unspecified atom stereocenters. The van der Waals surface area contributed by atoms with Gasteiger partial charge in [0.2, 0.25) is 0 Å². The second kappa shape index (κ2) is 5.66. The lowest BCUT2D eigenvalue weighted by molar-refractivity contribution is -0.384. The summed E-state index contributed by atoms with van der Waals surface area (Å²) in [6, 6.07) is 4.07. The number of nitrogens with zero attached hydrogens (tertiary/aromatic N) is 3. The maximum atomic E-state index is 10.8. The third kappa shape index (κ3) is 2.91. The molecule has 1 aromatic heterocycles. The van der Waals surface area contributed by atoms with Crippen LogP contribution >= 0.6 is 0 Å². The van der Waals surface area contributed by atoms with E-state index in [9.17, 15) is 10.1 Å². The molecule has 0 saturated heterocycles. The highest BCUT2D eigenvalue weighted by Crippen LogP contribution is 2.28. The average Bonchev–Trinajstić information content (AvgIpc) is 2.87. The normalized spacial score (nSPS) is 12.3. The standard InChI is InChI=1S/C12H14N4O4/c1-7(19-2)5-11-14-12(20-15-11)9-6-8(16(17)18)3-4-10(9)13/h3-4,6-7H,5,13H2,1-2H3. The maximum absolute atomic E-state index is 10.8. The Balaban J connectivity index is 2.32. The van der Waals surface area contributed by atoms with E-state index in [4.69, 9.17) is 15.0 Å². The van der Waals surface area contributed by atoms with Crippen LogP contribution in [-0.4, -0.2) is 28.3 Å². The van der Waals surface area contributed by atoms with E-state index in [1.165, 1.54) is 18.2 Å². The number of ether oxygens (including phenoxy) is 1. The van der Waals surface area contributed by atoms with Gasteiger partial charge in [0.05, 0.1) is 16.6 Å². The van der Waals surface area contributed by atoms with Gasteiger partial charge in [0.1, 0.15) is 0 Å². The number of nitro benzene ring substituents is 1. The SMILES string of the molecule is COC(C)Cc1noc(-c2cc([N+](=O)[O-])ccc2N)n1. The van der Waals surface area contributed by atoms with Gasteiger partial charge >= 0.3 is 0 Å². The fourth-order valence-electron chi connectivity index (χ4n) is 1.63. The minimum Gasteiger partial charge on any atom is -0.398 e. The molecule has 0 bridgehead atoms. The van der Waals surface area contributed by atoms with E-state index in [-0.39, 0.29) is 17.7 Å². The summed E-state index contributed by atoms with van der Waals surface area (Å²) >= 11 is 0. The molecule has 8 nitrogen and oxygen atoms in total. The van der Waals surface area contributed by atoms with Crippen molar-refractivity contribution in [3.05, 3.63) is 34.1 Å². The van der Waals surface area contributed by atoms with Crippen LogP contribution in [0.15, 0.2) is 22.7 Å². The van der Waals surface area contributed by atoms with Crippen molar-refractivity contribution in [3.63, 3.8) is 0 Å². The summed E-state index contributed by atoms with van der Waals surface area (Å²) in [4.78, 5) is 14.4. The molecule has 106 valence electrons. The summed E-state index contributed by atoms with van der Waals surface area (Å²) in [5.74, 6) is 0.616. The highest BCUT2D eigenvalue weighted by molar-refractivity contribution is 5.73. The van der Waals surface area contributed by atoms with Gasteiger partial charge in [-0.3, -0.25) is 10.1 Å². The first-order valence-electron chi connectivity index (χ1n) is 5.91. The van der Waals surface area contributed by atoms with Crippen molar-refractivity contribution in [1.29, 1.82) is 0 Å². The maximum Gasteiger partial charge on any atom is 0.270 e. The Morgan fingerprint density at radius 1 is 1.55 bits per heavy atom. The monoisotopic (exact) mass is 278 g/mol. The second-order valence-electron chi connectivity index (χ2n) is 4.29. The van der Waals surface area contributed by atoms with E-state index in [1.54, 1.807) is 7.11 Å². The van der Waals surface area contributed by atoms with Gasteiger partial charge in [0.25, 0.3) is 11.6 Å². The van der Waals surface area contributed by atoms with Crippen LogP contribution < -0.4 is 5.73 Å². The average molecular weight is 278 g/mol. The molecule has 1 aromatic carbocycles. The zero-order valence-corrected chi connectivity index (χ0v) is 11.1. The smallest absolute Gasteiger partial charge is 0.270 e. The molecular weight excluding hydrogens is 264 g/mol. The lowest BCUT2D eigenvalue weighted by Gasteiger charge is -2.04. The lowest BCUT2D eigenvalue weighted by Crippen LogP contribution is -2.09. The first-order valence-corrected chi connectivity index (χ1v) is 5.91. The zero-order chi connectivity index (χ0) is 14.7. The van der Waals surface area contributed by atoms with Crippen LogP contribution in [0, 0.1) is 10.1 Å². The predicted octanol–water partition coefficient (Wildman–Crippen LogP) is 1.80. The number of nitrogen functional groups attached to an aromatic ring is 1. The topological polar surface area (TPSA) is 117 Å². The molecular formula is C12H14N4O4. The van der Waals surface area contributed by atoms with Crippen molar-refractivity contribution in [3.8, 4) is 11.5 Å². The summed E-state index contributed by atoms with van der Waals surface area (Å²) in [6.07, 6.45) is 0.428. The molecule has 2 N–H and O–H groups in total. The molecule has 0 saturated carbocycles. The van der Waals surface area contributed by atoms with E-state index in [2.05, 4.69) is 10.1 Å². The highest BCUT2D eigenvalue weighted by atomic mass is 16.6. The van der Waals surface area contributed by atoms with E-state index in [0.29, 0.717) is 23.5 Å². The van der Waals surface area contributed by atoms with Crippen LogP contribution in [0.4, 0.5) is 11.4 Å². The second-order valence-corrected chi connectivity index (χ2v) is 4.29. The van der Waals surface area contributed by atoms with E-state index in [1.807, 2.05) is 6.92 Å². The van der Waals surface area contributed by atoms with Crippen LogP contribution in [0.5, 0.6) is 0 Å². The number of rotatable bonds is 5. The molecule has 1 atom stereocenters. The van der Waals surface area contributed by atoms with Gasteiger partial charge in [-0.05, 0) is 13.0 Å². The van der Waals surface area contributed by atoms with Crippen molar-refractivity contribution in [1.82, 2.24) is 10.1 Å². The van der Waals surface area contributed by atoms with Crippen LogP contribution in [-0.2, 0) is 11.2 Å². The fourth-order valence-corrected chi connectivity index (χ4v) is 1.63. The van der Waals surface area contributed by atoms with Crippen molar-refractivity contribution >= 4 is 11.4 Å². The fraction of sp³-hybridized carbons (Fsp3) is 0.333. The molecule has 2 rings (SSSR count). The Morgan fingerprint density at radius 3 is 2.95 bits per heavy atom. The number of non-ortho nitro benzene ring substituents is 1. The highest BCUT2D eigenvalue weighted by Gasteiger charge is 2.17. The number of hydrogen-bond acceptors (Lipinski definition) is 7. The summed E-state index contributed by atoms with van der Waals surface area (Å²) < 4.78 is 10.2. The van der Waals surface area contributed by atoms with Crippen molar-refractivity contribution in [2.24, 2.45) is 0 Å². The Kier molecular flexibility index (Phi) is 3.94. The van der Waals surface area contributed by atoms with Gasteiger partial charge < -0.3 is 15.0 Å². The molecule has 0 spiro atoms. The van der Waals surface area contributed by atoms with Crippen LogP contribution in [0.2, 0.25) is 0 Å². The number of methoxy groups -OCH3 is 1. The Bertz CT molecular complexity index is 626. The Morgan fingerprint density at radius 2 is 2.30 bits per heavy atom. The number of nitrogens with two attached hydrogens (primary N) is 1. The molecule has 20 heavy (non-hydrogen) atoms. The summed E-state index contributed by atoms with van der Waals surface area (Å²) in [5.41, 5.74) is 6.39. The molecule has 0 aliphatic rings. The molecule has 1 heterocycles. The summed E-state index contributed by atoms with van der Waals surface area (Å²) in [5, 5.41) is 14.6. The third-order valence-corrected chi connectivity index (χ3v) is 2.82. The number of aromatic nitrogens is 2. The third-order valence-electron chi connectivity index (χ3n) is 2.82. The Hall–Kier alpha value is -2.48. The van der Waals surface area contributed by atoms with Crippen LogP contribution in [0.1, 0.15) is 12.7 Å².